The zero-order valence-electron chi connectivity index (χ0n) is 11.5. The number of nitrogens with two attached hydrogens (primary N) is 2. The number of amides is 1. The summed E-state index contributed by atoms with van der Waals surface area (Å²) in [5.41, 5.74) is 9.28. The predicted molar refractivity (Wildman–Crippen MR) is 73.6 cm³/mol. The van der Waals surface area contributed by atoms with Gasteiger partial charge in [0.15, 0.2) is 5.82 Å². The first kappa shape index (κ1) is 17.3. The normalized spacial score (nSPS) is 11.8. The van der Waals surface area contributed by atoms with Crippen LogP contribution in [0.5, 0.6) is 0 Å². The first-order valence-electron chi connectivity index (χ1n) is 6.23. The molecule has 6 nitrogen and oxygen atoms in total. The third-order valence-electron chi connectivity index (χ3n) is 2.80. The summed E-state index contributed by atoms with van der Waals surface area (Å²) in [4.78, 5) is 10.2. The van der Waals surface area contributed by atoms with Crippen LogP contribution in [0.2, 0.25) is 0 Å². The highest BCUT2D eigenvalue weighted by Crippen LogP contribution is 2.25. The van der Waals surface area contributed by atoms with Crippen molar-refractivity contribution in [3.8, 4) is 0 Å². The van der Waals surface area contributed by atoms with Crippen molar-refractivity contribution in [2.75, 3.05) is 18.8 Å². The Morgan fingerprint density at radius 3 is 2.48 bits per heavy atom. The highest BCUT2D eigenvalue weighted by Gasteiger charge is 2.29. The second-order valence-corrected chi connectivity index (χ2v) is 6.34. The molecule has 0 aromatic heterocycles. The third-order valence-corrected chi connectivity index (χ3v) is 4.66. The van der Waals surface area contributed by atoms with Crippen LogP contribution in [0.25, 0.3) is 0 Å². The van der Waals surface area contributed by atoms with Crippen LogP contribution in [0, 0.1) is 11.6 Å². The number of hydrogen-bond acceptors (Lipinski definition) is 4. The van der Waals surface area contributed by atoms with Gasteiger partial charge < -0.3 is 11.5 Å². The van der Waals surface area contributed by atoms with E-state index in [4.69, 9.17) is 11.5 Å². The number of primary amides is 1. The molecule has 1 aromatic carbocycles. The standard InChI is InChI=1S/C12H17F2N3O3S/c1-2-3-6-17(7-10(15)18)21(19,20)9-5-4-8(13)12(16)11(9)14/h4-5H,2-3,6-7,16H2,1H3,(H2,15,18). The van der Waals surface area contributed by atoms with E-state index in [-0.39, 0.29) is 6.54 Å². The molecule has 0 saturated carbocycles. The molecule has 118 valence electrons. The summed E-state index contributed by atoms with van der Waals surface area (Å²) < 4.78 is 52.5. The number of nitrogens with zero attached hydrogens (tertiary/aromatic N) is 1. The number of anilines is 1. The number of unbranched alkanes of at least 4 members (excludes halogenated alkanes) is 1. The number of carbonyl (C=O) groups is 1. The van der Waals surface area contributed by atoms with Gasteiger partial charge in [-0.3, -0.25) is 4.79 Å². The molecule has 0 aliphatic rings. The molecule has 0 bridgehead atoms. The van der Waals surface area contributed by atoms with Gasteiger partial charge in [-0.05, 0) is 18.6 Å². The number of hydrogen-bond donors (Lipinski definition) is 2. The molecule has 0 heterocycles. The van der Waals surface area contributed by atoms with Gasteiger partial charge in [0, 0.05) is 6.54 Å². The molecule has 0 atom stereocenters. The monoisotopic (exact) mass is 321 g/mol. The summed E-state index contributed by atoms with van der Waals surface area (Å²) >= 11 is 0. The minimum absolute atomic E-state index is 0.00149. The SMILES string of the molecule is CCCCN(CC(N)=O)S(=O)(=O)c1ccc(F)c(N)c1F. The summed E-state index contributed by atoms with van der Waals surface area (Å²) in [6.45, 7) is 1.24. The van der Waals surface area contributed by atoms with Crippen LogP contribution < -0.4 is 11.5 Å². The Kier molecular flexibility index (Phi) is 5.62. The molecule has 1 rings (SSSR count). The molecule has 0 spiro atoms. The van der Waals surface area contributed by atoms with Gasteiger partial charge in [0.1, 0.15) is 16.4 Å². The number of carbonyl (C=O) groups excluding carboxylic acids is 1. The average molecular weight is 321 g/mol. The molecule has 0 saturated heterocycles. The zero-order chi connectivity index (χ0) is 16.2. The minimum Gasteiger partial charge on any atom is -0.394 e. The molecule has 21 heavy (non-hydrogen) atoms. The van der Waals surface area contributed by atoms with Gasteiger partial charge in [-0.2, -0.15) is 4.31 Å². The van der Waals surface area contributed by atoms with Crippen LogP contribution in [0.1, 0.15) is 19.8 Å². The van der Waals surface area contributed by atoms with E-state index in [1.807, 2.05) is 6.92 Å². The highest BCUT2D eigenvalue weighted by atomic mass is 32.2. The molecule has 0 fully saturated rings. The second kappa shape index (κ2) is 6.81. The fraction of sp³-hybridized carbons (Fsp3) is 0.417. The summed E-state index contributed by atoms with van der Waals surface area (Å²) in [5.74, 6) is -3.30. The van der Waals surface area contributed by atoms with E-state index in [0.29, 0.717) is 12.8 Å². The van der Waals surface area contributed by atoms with Gasteiger partial charge >= 0.3 is 0 Å². The Hall–Kier alpha value is -1.74. The lowest BCUT2D eigenvalue weighted by Gasteiger charge is -2.21. The number of sulfonamides is 1. The summed E-state index contributed by atoms with van der Waals surface area (Å²) in [6.07, 6.45) is 1.13. The molecule has 9 heteroatoms. The quantitative estimate of drug-likeness (QED) is 0.725. The van der Waals surface area contributed by atoms with Gasteiger partial charge in [0.25, 0.3) is 0 Å². The second-order valence-electron chi connectivity index (χ2n) is 4.43. The predicted octanol–water partition coefficient (Wildman–Crippen LogP) is 0.823. The van der Waals surface area contributed by atoms with Crippen LogP contribution in [0.4, 0.5) is 14.5 Å². The Morgan fingerprint density at radius 2 is 1.95 bits per heavy atom. The Morgan fingerprint density at radius 1 is 1.33 bits per heavy atom. The molecular weight excluding hydrogens is 304 g/mol. The van der Waals surface area contributed by atoms with Gasteiger partial charge in [-0.1, -0.05) is 13.3 Å². The van der Waals surface area contributed by atoms with E-state index in [9.17, 15) is 22.0 Å². The Bertz CT molecular complexity index is 635. The maximum absolute atomic E-state index is 13.9. The number of nitrogen functional groups attached to an aromatic ring is 1. The topological polar surface area (TPSA) is 106 Å². The lowest BCUT2D eigenvalue weighted by Crippen LogP contribution is -2.39. The van der Waals surface area contributed by atoms with Crippen molar-refractivity contribution in [2.24, 2.45) is 5.73 Å². The molecule has 0 aliphatic carbocycles. The van der Waals surface area contributed by atoms with Gasteiger partial charge in [-0.25, -0.2) is 17.2 Å². The molecule has 0 radical (unpaired) electrons. The first-order valence-corrected chi connectivity index (χ1v) is 7.67. The molecule has 0 unspecified atom stereocenters. The van der Waals surface area contributed by atoms with Crippen LogP contribution in [0.3, 0.4) is 0 Å². The maximum Gasteiger partial charge on any atom is 0.246 e. The van der Waals surface area contributed by atoms with Crippen LogP contribution >= 0.6 is 0 Å². The number of rotatable bonds is 7. The molecular formula is C12H17F2N3O3S. The highest BCUT2D eigenvalue weighted by molar-refractivity contribution is 7.89. The third kappa shape index (κ3) is 3.88. The van der Waals surface area contributed by atoms with E-state index < -0.39 is 44.7 Å². The van der Waals surface area contributed by atoms with Crippen molar-refractivity contribution in [2.45, 2.75) is 24.7 Å². The molecule has 1 amide bonds. The fourth-order valence-electron chi connectivity index (χ4n) is 1.68. The Balaban J connectivity index is 3.28. The average Bonchev–Trinajstić information content (AvgIpc) is 2.40. The van der Waals surface area contributed by atoms with Crippen molar-refractivity contribution >= 4 is 21.6 Å². The van der Waals surface area contributed by atoms with Crippen LogP contribution in [-0.2, 0) is 14.8 Å². The van der Waals surface area contributed by atoms with Crippen molar-refractivity contribution in [3.05, 3.63) is 23.8 Å². The molecule has 0 aliphatic heterocycles. The minimum atomic E-state index is -4.33. The van der Waals surface area contributed by atoms with E-state index in [2.05, 4.69) is 0 Å². The largest absolute Gasteiger partial charge is 0.394 e. The van der Waals surface area contributed by atoms with Crippen molar-refractivity contribution in [3.63, 3.8) is 0 Å². The zero-order valence-corrected chi connectivity index (χ0v) is 12.3. The van der Waals surface area contributed by atoms with Gasteiger partial charge in [0.05, 0.1) is 6.54 Å². The lowest BCUT2D eigenvalue weighted by molar-refractivity contribution is -0.118. The van der Waals surface area contributed by atoms with Crippen molar-refractivity contribution < 1.29 is 22.0 Å². The molecule has 4 N–H and O–H groups in total. The smallest absolute Gasteiger partial charge is 0.246 e. The number of benzene rings is 1. The van der Waals surface area contributed by atoms with Crippen LogP contribution in [0.15, 0.2) is 17.0 Å². The summed E-state index contributed by atoms with van der Waals surface area (Å²) in [7, 11) is -4.33. The van der Waals surface area contributed by atoms with Gasteiger partial charge in [-0.15, -0.1) is 0 Å². The maximum atomic E-state index is 13.9. The van der Waals surface area contributed by atoms with E-state index >= 15 is 0 Å². The van der Waals surface area contributed by atoms with Gasteiger partial charge in [0.2, 0.25) is 15.9 Å². The van der Waals surface area contributed by atoms with Crippen molar-refractivity contribution in [1.82, 2.24) is 4.31 Å². The van der Waals surface area contributed by atoms with Crippen molar-refractivity contribution in [1.29, 1.82) is 0 Å². The van der Waals surface area contributed by atoms with Crippen LogP contribution in [-0.4, -0.2) is 31.7 Å². The van der Waals surface area contributed by atoms with E-state index in [1.165, 1.54) is 0 Å². The lowest BCUT2D eigenvalue weighted by atomic mass is 10.3. The summed E-state index contributed by atoms with van der Waals surface area (Å²) in [6, 6.07) is 1.53. The number of halogens is 2. The molecule has 1 aromatic rings. The van der Waals surface area contributed by atoms with E-state index in [0.717, 1.165) is 16.4 Å². The fourth-order valence-corrected chi connectivity index (χ4v) is 3.20. The Labute approximate surface area is 121 Å². The summed E-state index contributed by atoms with van der Waals surface area (Å²) in [5, 5.41) is 0. The first-order chi connectivity index (χ1) is 9.71. The van der Waals surface area contributed by atoms with E-state index in [1.54, 1.807) is 0 Å².